The molecule has 3 nitrogen and oxygen atoms in total. The Kier molecular flexibility index (Phi) is 3.77. The zero-order valence-electron chi connectivity index (χ0n) is 13.4. The highest BCUT2D eigenvalue weighted by atomic mass is 16.3. The Morgan fingerprint density at radius 1 is 0.909 bits per heavy atom. The first-order chi connectivity index (χ1) is 10.8. The second-order valence-corrected chi connectivity index (χ2v) is 7.97. The van der Waals surface area contributed by atoms with Crippen LogP contribution in [0.5, 0.6) is 0 Å². The molecule has 0 heterocycles. The number of anilines is 2. The molecule has 0 aromatic heterocycles. The Labute approximate surface area is 133 Å². The summed E-state index contributed by atoms with van der Waals surface area (Å²) in [5.74, 6) is 3.03. The highest BCUT2D eigenvalue weighted by molar-refractivity contribution is 5.68. The third-order valence-corrected chi connectivity index (χ3v) is 6.17. The molecule has 22 heavy (non-hydrogen) atoms. The number of aliphatic hydroxyl groups excluding tert-OH is 1. The molecule has 120 valence electrons. The van der Waals surface area contributed by atoms with Gasteiger partial charge in [0.15, 0.2) is 0 Å². The van der Waals surface area contributed by atoms with Crippen LogP contribution in [0.2, 0.25) is 0 Å². The maximum Gasteiger partial charge on any atom is 0.0604 e. The van der Waals surface area contributed by atoms with E-state index < -0.39 is 0 Å². The molecule has 0 saturated heterocycles. The molecule has 4 bridgehead atoms. The first-order valence-corrected chi connectivity index (χ1v) is 8.94. The van der Waals surface area contributed by atoms with E-state index in [0.717, 1.165) is 30.0 Å². The van der Waals surface area contributed by atoms with Crippen LogP contribution in [-0.4, -0.2) is 24.8 Å². The zero-order valence-corrected chi connectivity index (χ0v) is 13.4. The smallest absolute Gasteiger partial charge is 0.0604 e. The highest BCUT2D eigenvalue weighted by Gasteiger charge is 2.50. The molecule has 1 aromatic carbocycles. The average Bonchev–Trinajstić information content (AvgIpc) is 2.50. The zero-order chi connectivity index (χ0) is 15.0. The molecule has 4 aliphatic carbocycles. The van der Waals surface area contributed by atoms with Crippen LogP contribution in [-0.2, 0) is 0 Å². The summed E-state index contributed by atoms with van der Waals surface area (Å²) in [7, 11) is 0. The Morgan fingerprint density at radius 3 is 2.00 bits per heavy atom. The first-order valence-electron chi connectivity index (χ1n) is 8.94. The fourth-order valence-corrected chi connectivity index (χ4v) is 5.77. The van der Waals surface area contributed by atoms with Crippen molar-refractivity contribution in [3.05, 3.63) is 24.3 Å². The number of aliphatic hydroxyl groups is 1. The van der Waals surface area contributed by atoms with Gasteiger partial charge < -0.3 is 15.7 Å². The minimum absolute atomic E-state index is 0.170. The van der Waals surface area contributed by atoms with E-state index in [1.807, 2.05) is 0 Å². The van der Waals surface area contributed by atoms with Gasteiger partial charge in [-0.3, -0.25) is 0 Å². The number of hydrogen-bond acceptors (Lipinski definition) is 3. The van der Waals surface area contributed by atoms with E-state index >= 15 is 0 Å². The Hall–Kier alpha value is -1.22. The summed E-state index contributed by atoms with van der Waals surface area (Å²) in [6.07, 6.45) is 8.85. The number of hydrogen-bond donors (Lipinski definition) is 3. The molecule has 0 aliphatic heterocycles. The topological polar surface area (TPSA) is 44.3 Å². The Morgan fingerprint density at radius 2 is 1.45 bits per heavy atom. The van der Waals surface area contributed by atoms with Crippen LogP contribution >= 0.6 is 0 Å². The first kappa shape index (κ1) is 14.4. The normalized spacial score (nSPS) is 35.6. The van der Waals surface area contributed by atoms with E-state index in [0.29, 0.717) is 12.0 Å². The predicted octanol–water partition coefficient (Wildman–Crippen LogP) is 3.72. The summed E-state index contributed by atoms with van der Waals surface area (Å²) in [6, 6.07) is 8.39. The Balaban J connectivity index is 1.44. The molecule has 0 atom stereocenters. The minimum Gasteiger partial charge on any atom is -0.395 e. The minimum atomic E-state index is 0.170. The van der Waals surface area contributed by atoms with Gasteiger partial charge >= 0.3 is 0 Å². The average molecular weight is 300 g/mol. The molecule has 3 N–H and O–H groups in total. The van der Waals surface area contributed by atoms with Gasteiger partial charge in [0.1, 0.15) is 0 Å². The van der Waals surface area contributed by atoms with Crippen LogP contribution < -0.4 is 10.6 Å². The fourth-order valence-electron chi connectivity index (χ4n) is 5.77. The summed E-state index contributed by atoms with van der Waals surface area (Å²) in [6.45, 7) is 1.90. The molecule has 0 spiro atoms. The molecule has 4 saturated carbocycles. The lowest BCUT2D eigenvalue weighted by molar-refractivity contribution is -0.0444. The van der Waals surface area contributed by atoms with Crippen molar-refractivity contribution in [3.63, 3.8) is 0 Å². The van der Waals surface area contributed by atoms with Crippen molar-refractivity contribution in [2.75, 3.05) is 30.3 Å². The van der Waals surface area contributed by atoms with Crippen LogP contribution in [0.4, 0.5) is 11.4 Å². The van der Waals surface area contributed by atoms with Gasteiger partial charge in [-0.05, 0) is 73.8 Å². The van der Waals surface area contributed by atoms with Crippen molar-refractivity contribution in [3.8, 4) is 0 Å². The molecule has 4 aliphatic rings. The van der Waals surface area contributed by atoms with Crippen molar-refractivity contribution in [1.82, 2.24) is 0 Å². The van der Waals surface area contributed by atoms with E-state index in [1.54, 1.807) is 0 Å². The highest BCUT2D eigenvalue weighted by Crippen LogP contribution is 2.59. The number of rotatable bonds is 6. The van der Waals surface area contributed by atoms with E-state index in [1.165, 1.54) is 44.2 Å². The second-order valence-electron chi connectivity index (χ2n) is 7.97. The standard InChI is InChI=1S/C19H28N2O/c22-6-5-20-17-3-1-2-4-18(17)21-13-19-10-14-7-15(11-19)9-16(8-14)12-19/h1-4,14-16,20-22H,5-13H2. The lowest BCUT2D eigenvalue weighted by Crippen LogP contribution is -2.49. The summed E-state index contributed by atoms with van der Waals surface area (Å²) in [5.41, 5.74) is 2.85. The molecule has 3 heteroatoms. The van der Waals surface area contributed by atoms with Crippen molar-refractivity contribution in [1.29, 1.82) is 0 Å². The van der Waals surface area contributed by atoms with Crippen molar-refractivity contribution < 1.29 is 5.11 Å². The molecular formula is C19H28N2O. The van der Waals surface area contributed by atoms with Crippen LogP contribution in [0.25, 0.3) is 0 Å². The second kappa shape index (κ2) is 5.77. The van der Waals surface area contributed by atoms with Gasteiger partial charge in [0.2, 0.25) is 0 Å². The van der Waals surface area contributed by atoms with Gasteiger partial charge in [-0.2, -0.15) is 0 Å². The fraction of sp³-hybridized carbons (Fsp3) is 0.684. The van der Waals surface area contributed by atoms with Crippen LogP contribution in [0.3, 0.4) is 0 Å². The third-order valence-electron chi connectivity index (χ3n) is 6.17. The quantitative estimate of drug-likeness (QED) is 0.750. The van der Waals surface area contributed by atoms with Gasteiger partial charge in [-0.25, -0.2) is 0 Å². The van der Waals surface area contributed by atoms with Crippen LogP contribution in [0.15, 0.2) is 24.3 Å². The van der Waals surface area contributed by atoms with E-state index in [2.05, 4.69) is 34.9 Å². The van der Waals surface area contributed by atoms with Crippen molar-refractivity contribution in [2.24, 2.45) is 23.2 Å². The van der Waals surface area contributed by atoms with Gasteiger partial charge in [0.05, 0.1) is 18.0 Å². The largest absolute Gasteiger partial charge is 0.395 e. The third kappa shape index (κ3) is 2.71. The van der Waals surface area contributed by atoms with Gasteiger partial charge in [0.25, 0.3) is 0 Å². The number of benzene rings is 1. The summed E-state index contributed by atoms with van der Waals surface area (Å²) < 4.78 is 0. The molecule has 5 rings (SSSR count). The molecule has 0 radical (unpaired) electrons. The van der Waals surface area contributed by atoms with E-state index in [4.69, 9.17) is 5.11 Å². The molecule has 4 fully saturated rings. The maximum atomic E-state index is 9.02. The summed E-state index contributed by atoms with van der Waals surface area (Å²) >= 11 is 0. The van der Waals surface area contributed by atoms with E-state index in [9.17, 15) is 0 Å². The lowest BCUT2D eigenvalue weighted by Gasteiger charge is -2.57. The van der Waals surface area contributed by atoms with Crippen molar-refractivity contribution >= 4 is 11.4 Å². The molecular weight excluding hydrogens is 272 g/mol. The van der Waals surface area contributed by atoms with Crippen molar-refractivity contribution in [2.45, 2.75) is 38.5 Å². The molecule has 0 unspecified atom stereocenters. The van der Waals surface area contributed by atoms with Crippen LogP contribution in [0, 0.1) is 23.2 Å². The van der Waals surface area contributed by atoms with Gasteiger partial charge in [-0.15, -0.1) is 0 Å². The van der Waals surface area contributed by atoms with Gasteiger partial charge in [0, 0.05) is 13.1 Å². The van der Waals surface area contributed by atoms with E-state index in [-0.39, 0.29) is 6.61 Å². The lowest BCUT2D eigenvalue weighted by atomic mass is 9.49. The summed E-state index contributed by atoms with van der Waals surface area (Å²) in [5, 5.41) is 16.1. The monoisotopic (exact) mass is 300 g/mol. The molecule has 1 aromatic rings. The number of para-hydroxylation sites is 2. The van der Waals surface area contributed by atoms with Crippen LogP contribution in [0.1, 0.15) is 38.5 Å². The molecule has 0 amide bonds. The summed E-state index contributed by atoms with van der Waals surface area (Å²) in [4.78, 5) is 0. The maximum absolute atomic E-state index is 9.02. The van der Waals surface area contributed by atoms with Gasteiger partial charge in [-0.1, -0.05) is 12.1 Å². The SMILES string of the molecule is OCCNc1ccccc1NCC12CC3CC(CC(C3)C1)C2. The predicted molar refractivity (Wildman–Crippen MR) is 91.1 cm³/mol. The number of nitrogens with one attached hydrogen (secondary N) is 2. The Bertz CT molecular complexity index is 493.